The van der Waals surface area contributed by atoms with Crippen molar-refractivity contribution in [3.63, 3.8) is 0 Å². The number of anilines is 1. The van der Waals surface area contributed by atoms with Crippen LogP contribution in [0.2, 0.25) is 0 Å². The van der Waals surface area contributed by atoms with Crippen molar-refractivity contribution in [1.82, 2.24) is 14.6 Å². The zero-order chi connectivity index (χ0) is 11.0. The maximum atomic E-state index is 4.53. The fourth-order valence-electron chi connectivity index (χ4n) is 1.44. The van der Waals surface area contributed by atoms with Crippen molar-refractivity contribution in [2.24, 2.45) is 0 Å². The van der Waals surface area contributed by atoms with Gasteiger partial charge in [0.25, 0.3) is 0 Å². The summed E-state index contributed by atoms with van der Waals surface area (Å²) < 4.78 is 2.81. The number of rotatable bonds is 3. The van der Waals surface area contributed by atoms with Crippen molar-refractivity contribution in [3.8, 4) is 0 Å². The number of hydrogen-bond donors (Lipinski definition) is 0. The molecule has 0 saturated carbocycles. The molecule has 0 unspecified atom stereocenters. The van der Waals surface area contributed by atoms with Crippen LogP contribution in [-0.4, -0.2) is 27.7 Å². The first-order chi connectivity index (χ1) is 7.17. The average Bonchev–Trinajstić information content (AvgIpc) is 2.72. The molecule has 0 saturated heterocycles. The molecule has 82 valence electrons. The zero-order valence-corrected chi connectivity index (χ0v) is 11.4. The van der Waals surface area contributed by atoms with E-state index in [0.29, 0.717) is 0 Å². The van der Waals surface area contributed by atoms with Gasteiger partial charge in [0.05, 0.1) is 5.69 Å². The summed E-state index contributed by atoms with van der Waals surface area (Å²) in [6.07, 6.45) is 0. The smallest absolute Gasteiger partial charge is 0.215 e. The molecule has 2 aromatic heterocycles. The molecule has 0 radical (unpaired) electrons. The third-order valence-electron chi connectivity index (χ3n) is 2.33. The highest BCUT2D eigenvalue weighted by Gasteiger charge is 2.14. The van der Waals surface area contributed by atoms with Crippen molar-refractivity contribution < 1.29 is 0 Å². The lowest BCUT2D eigenvalue weighted by Gasteiger charge is -2.15. The normalized spacial score (nSPS) is 11.2. The molecule has 0 aliphatic heterocycles. The van der Waals surface area contributed by atoms with Crippen LogP contribution in [0.5, 0.6) is 0 Å². The van der Waals surface area contributed by atoms with Gasteiger partial charge in [-0.2, -0.15) is 4.52 Å². The molecule has 0 N–H and O–H groups in total. The second kappa shape index (κ2) is 4.09. The monoisotopic (exact) mass is 288 g/mol. The van der Waals surface area contributed by atoms with Crippen molar-refractivity contribution in [2.75, 3.05) is 18.0 Å². The van der Waals surface area contributed by atoms with E-state index in [1.165, 1.54) is 0 Å². The van der Waals surface area contributed by atoms with E-state index < -0.39 is 0 Å². The van der Waals surface area contributed by atoms with Crippen LogP contribution in [0.4, 0.5) is 5.13 Å². The molecule has 0 atom stereocenters. The summed E-state index contributed by atoms with van der Waals surface area (Å²) in [6.45, 7) is 8.19. The lowest BCUT2D eigenvalue weighted by atomic mass is 10.6. The minimum absolute atomic E-state index is 0.946. The third kappa shape index (κ3) is 1.76. The van der Waals surface area contributed by atoms with Crippen molar-refractivity contribution in [1.29, 1.82) is 0 Å². The van der Waals surface area contributed by atoms with Crippen molar-refractivity contribution in [2.45, 2.75) is 20.8 Å². The third-order valence-corrected chi connectivity index (χ3v) is 4.21. The fraction of sp³-hybridized carbons (Fsp3) is 0.556. The molecule has 2 aromatic rings. The highest BCUT2D eigenvalue weighted by molar-refractivity contribution is 9.10. The van der Waals surface area contributed by atoms with E-state index in [1.54, 1.807) is 11.3 Å². The van der Waals surface area contributed by atoms with Crippen LogP contribution >= 0.6 is 27.3 Å². The molecule has 6 heteroatoms. The molecule has 4 nitrogen and oxygen atoms in total. The first kappa shape index (κ1) is 10.9. The topological polar surface area (TPSA) is 33.4 Å². The number of hydrogen-bond acceptors (Lipinski definition) is 4. The molecule has 0 aromatic carbocycles. The van der Waals surface area contributed by atoms with E-state index in [2.05, 4.69) is 44.8 Å². The van der Waals surface area contributed by atoms with Gasteiger partial charge in [-0.15, -0.1) is 5.10 Å². The van der Waals surface area contributed by atoms with Crippen molar-refractivity contribution >= 4 is 37.4 Å². The van der Waals surface area contributed by atoms with E-state index >= 15 is 0 Å². The summed E-state index contributed by atoms with van der Waals surface area (Å²) in [5.74, 6) is 0. The van der Waals surface area contributed by atoms with Gasteiger partial charge in [0, 0.05) is 13.1 Å². The average molecular weight is 289 g/mol. The highest BCUT2D eigenvalue weighted by atomic mass is 79.9. The molecular formula is C9H13BrN4S. The van der Waals surface area contributed by atoms with E-state index in [0.717, 1.165) is 33.5 Å². The number of imidazole rings is 1. The van der Waals surface area contributed by atoms with Crippen LogP contribution < -0.4 is 4.90 Å². The first-order valence-corrected chi connectivity index (χ1v) is 6.55. The molecule has 2 heterocycles. The standard InChI is InChI=1S/C9H13BrN4S/c1-4-13(5-2)9-12-14-7(10)6(3)11-8(14)15-9/h4-5H2,1-3H3. The van der Waals surface area contributed by atoms with Gasteiger partial charge in [0.1, 0.15) is 4.60 Å². The fourth-order valence-corrected chi connectivity index (χ4v) is 2.96. The summed E-state index contributed by atoms with van der Waals surface area (Å²) in [6, 6.07) is 0. The van der Waals surface area contributed by atoms with Crippen LogP contribution in [0, 0.1) is 6.92 Å². The van der Waals surface area contributed by atoms with E-state index in [1.807, 2.05) is 11.4 Å². The minimum Gasteiger partial charge on any atom is -0.347 e. The Morgan fingerprint density at radius 2 is 2.07 bits per heavy atom. The Kier molecular flexibility index (Phi) is 2.97. The van der Waals surface area contributed by atoms with Gasteiger partial charge < -0.3 is 4.90 Å². The summed E-state index contributed by atoms with van der Waals surface area (Å²) >= 11 is 5.11. The quantitative estimate of drug-likeness (QED) is 0.871. The predicted octanol–water partition coefficient (Wildman–Crippen LogP) is 2.71. The Hall–Kier alpha value is -0.620. The van der Waals surface area contributed by atoms with Gasteiger partial charge in [0.2, 0.25) is 10.1 Å². The second-order valence-corrected chi connectivity index (χ2v) is 4.92. The zero-order valence-electron chi connectivity index (χ0n) is 8.99. The lowest BCUT2D eigenvalue weighted by Crippen LogP contribution is -2.21. The van der Waals surface area contributed by atoms with Crippen LogP contribution in [0.25, 0.3) is 4.96 Å². The summed E-state index contributed by atoms with van der Waals surface area (Å²) in [4.78, 5) is 7.60. The number of fused-ring (bicyclic) bond motifs is 1. The maximum absolute atomic E-state index is 4.53. The number of aromatic nitrogens is 3. The molecule has 0 spiro atoms. The van der Waals surface area contributed by atoms with Gasteiger partial charge in [0.15, 0.2) is 0 Å². The Bertz CT molecular complexity index is 472. The van der Waals surface area contributed by atoms with Crippen LogP contribution in [0.1, 0.15) is 19.5 Å². The van der Waals surface area contributed by atoms with Crippen LogP contribution in [-0.2, 0) is 0 Å². The van der Waals surface area contributed by atoms with Gasteiger partial charge in [-0.05, 0) is 36.7 Å². The Morgan fingerprint density at radius 1 is 1.40 bits per heavy atom. The predicted molar refractivity (Wildman–Crippen MR) is 66.9 cm³/mol. The molecule has 0 amide bonds. The second-order valence-electron chi connectivity index (χ2n) is 3.24. The molecule has 15 heavy (non-hydrogen) atoms. The minimum atomic E-state index is 0.946. The van der Waals surface area contributed by atoms with Gasteiger partial charge in [-0.25, -0.2) is 4.98 Å². The SMILES string of the molecule is CCN(CC)c1nn2c(Br)c(C)nc2s1. The molecule has 0 aliphatic rings. The van der Waals surface area contributed by atoms with Crippen molar-refractivity contribution in [3.05, 3.63) is 10.3 Å². The number of aryl methyl sites for hydroxylation is 1. The summed E-state index contributed by atoms with van der Waals surface area (Å²) in [5, 5.41) is 5.56. The van der Waals surface area contributed by atoms with Gasteiger partial charge >= 0.3 is 0 Å². The number of halogens is 1. The van der Waals surface area contributed by atoms with Crippen LogP contribution in [0.3, 0.4) is 0 Å². The van der Waals surface area contributed by atoms with Gasteiger partial charge in [-0.3, -0.25) is 0 Å². The van der Waals surface area contributed by atoms with E-state index in [9.17, 15) is 0 Å². The Labute approximate surface area is 101 Å². The molecule has 0 aliphatic carbocycles. The molecular weight excluding hydrogens is 276 g/mol. The summed E-state index contributed by atoms with van der Waals surface area (Å²) in [7, 11) is 0. The highest BCUT2D eigenvalue weighted by Crippen LogP contribution is 2.27. The lowest BCUT2D eigenvalue weighted by molar-refractivity contribution is 0.827. The number of nitrogens with zero attached hydrogens (tertiary/aromatic N) is 4. The molecule has 0 fully saturated rings. The van der Waals surface area contributed by atoms with E-state index in [4.69, 9.17) is 0 Å². The van der Waals surface area contributed by atoms with Gasteiger partial charge in [-0.1, -0.05) is 11.3 Å². The first-order valence-electron chi connectivity index (χ1n) is 4.94. The maximum Gasteiger partial charge on any atom is 0.215 e. The molecule has 0 bridgehead atoms. The summed E-state index contributed by atoms with van der Waals surface area (Å²) in [5.41, 5.74) is 0.986. The Balaban J connectivity index is 2.48. The van der Waals surface area contributed by atoms with E-state index in [-0.39, 0.29) is 0 Å². The van der Waals surface area contributed by atoms with Crippen LogP contribution in [0.15, 0.2) is 4.60 Å². The Morgan fingerprint density at radius 3 is 2.60 bits per heavy atom. The molecule has 2 rings (SSSR count). The largest absolute Gasteiger partial charge is 0.347 e.